The molecule has 3 atom stereocenters. The molecular weight excluding hydrogens is 440 g/mol. The minimum atomic E-state index is -0.310. The van der Waals surface area contributed by atoms with Crippen LogP contribution in [0.4, 0.5) is 0 Å². The van der Waals surface area contributed by atoms with E-state index in [9.17, 15) is 14.4 Å². The second-order valence-corrected chi connectivity index (χ2v) is 10.6. The molecule has 7 heteroatoms. The Kier molecular flexibility index (Phi) is 10.1. The molecule has 3 rings (SSSR count). The Morgan fingerprint density at radius 3 is 2.26 bits per heavy atom. The molecular formula is C28H44N4O3. The van der Waals surface area contributed by atoms with Crippen molar-refractivity contribution in [3.05, 3.63) is 35.4 Å². The standard InChI is InChI=1S/C28H44N4O3/c1-4-13-32(14-5-2)28(35)23-8-6-7-22(17-23)27(34)31-25(16-20-9-10-20)24(29)15-19(3)26(33)30-18-21-11-12-21/h6-8,17,19-21,24-25H,4-5,9-16,18,29H2,1-3H3,(H,30,33)(H,31,34)/t19-,24+,25+/m1/s1. The van der Waals surface area contributed by atoms with Gasteiger partial charge in [-0.3, -0.25) is 14.4 Å². The van der Waals surface area contributed by atoms with Crippen molar-refractivity contribution in [3.8, 4) is 0 Å². The first kappa shape index (κ1) is 27.2. The van der Waals surface area contributed by atoms with Crippen molar-refractivity contribution in [2.24, 2.45) is 23.5 Å². The number of hydrogen-bond donors (Lipinski definition) is 3. The Balaban J connectivity index is 1.62. The molecule has 0 heterocycles. The molecule has 0 bridgehead atoms. The lowest BCUT2D eigenvalue weighted by atomic mass is 9.92. The summed E-state index contributed by atoms with van der Waals surface area (Å²) in [5.41, 5.74) is 7.55. The van der Waals surface area contributed by atoms with Crippen LogP contribution in [0.15, 0.2) is 24.3 Å². The van der Waals surface area contributed by atoms with E-state index in [1.807, 2.05) is 11.8 Å². The molecule has 2 fully saturated rings. The van der Waals surface area contributed by atoms with E-state index in [1.165, 1.54) is 12.8 Å². The Labute approximate surface area is 210 Å². The number of carbonyl (C=O) groups excluding carboxylic acids is 3. The van der Waals surface area contributed by atoms with E-state index in [2.05, 4.69) is 24.5 Å². The quantitative estimate of drug-likeness (QED) is 0.353. The third-order valence-corrected chi connectivity index (χ3v) is 7.10. The Bertz CT molecular complexity index is 860. The highest BCUT2D eigenvalue weighted by atomic mass is 16.2. The van der Waals surface area contributed by atoms with Crippen LogP contribution in [0, 0.1) is 17.8 Å². The zero-order chi connectivity index (χ0) is 25.4. The maximum atomic E-state index is 13.2. The van der Waals surface area contributed by atoms with Crippen LogP contribution in [-0.2, 0) is 4.79 Å². The van der Waals surface area contributed by atoms with E-state index in [1.54, 1.807) is 24.3 Å². The number of carbonyl (C=O) groups is 3. The van der Waals surface area contributed by atoms with E-state index < -0.39 is 0 Å². The second kappa shape index (κ2) is 13.1. The molecule has 0 aromatic heterocycles. The largest absolute Gasteiger partial charge is 0.356 e. The smallest absolute Gasteiger partial charge is 0.253 e. The van der Waals surface area contributed by atoms with Crippen molar-refractivity contribution in [1.29, 1.82) is 0 Å². The van der Waals surface area contributed by atoms with Gasteiger partial charge in [0.05, 0.1) is 0 Å². The van der Waals surface area contributed by atoms with Gasteiger partial charge in [-0.05, 0) is 68.6 Å². The highest BCUT2D eigenvalue weighted by Crippen LogP contribution is 2.34. The first-order valence-electron chi connectivity index (χ1n) is 13.6. The van der Waals surface area contributed by atoms with Gasteiger partial charge in [-0.15, -0.1) is 0 Å². The monoisotopic (exact) mass is 484 g/mol. The number of nitrogens with one attached hydrogen (secondary N) is 2. The summed E-state index contributed by atoms with van der Waals surface area (Å²) in [7, 11) is 0. The number of hydrogen-bond acceptors (Lipinski definition) is 4. The maximum Gasteiger partial charge on any atom is 0.253 e. The summed E-state index contributed by atoms with van der Waals surface area (Å²) in [5.74, 6) is 0.797. The molecule has 194 valence electrons. The predicted octanol–water partition coefficient (Wildman–Crippen LogP) is 3.73. The molecule has 2 saturated carbocycles. The fraction of sp³-hybridized carbons (Fsp3) is 0.679. The van der Waals surface area contributed by atoms with E-state index in [-0.39, 0.29) is 35.7 Å². The lowest BCUT2D eigenvalue weighted by Gasteiger charge is -2.27. The Morgan fingerprint density at radius 2 is 1.66 bits per heavy atom. The fourth-order valence-electron chi connectivity index (χ4n) is 4.56. The van der Waals surface area contributed by atoms with Gasteiger partial charge in [0.15, 0.2) is 0 Å². The molecule has 7 nitrogen and oxygen atoms in total. The van der Waals surface area contributed by atoms with Crippen molar-refractivity contribution in [2.75, 3.05) is 19.6 Å². The molecule has 35 heavy (non-hydrogen) atoms. The number of rotatable bonds is 15. The highest BCUT2D eigenvalue weighted by molar-refractivity contribution is 5.99. The second-order valence-electron chi connectivity index (χ2n) is 10.6. The Morgan fingerprint density at radius 1 is 1.03 bits per heavy atom. The van der Waals surface area contributed by atoms with Crippen LogP contribution >= 0.6 is 0 Å². The van der Waals surface area contributed by atoms with Crippen molar-refractivity contribution in [3.63, 3.8) is 0 Å². The van der Waals surface area contributed by atoms with Gasteiger partial charge in [0.25, 0.3) is 11.8 Å². The van der Waals surface area contributed by atoms with Gasteiger partial charge in [-0.25, -0.2) is 0 Å². The summed E-state index contributed by atoms with van der Waals surface area (Å²) < 4.78 is 0. The molecule has 0 aliphatic heterocycles. The van der Waals surface area contributed by atoms with E-state index >= 15 is 0 Å². The summed E-state index contributed by atoms with van der Waals surface area (Å²) in [6.07, 6.45) is 7.85. The summed E-state index contributed by atoms with van der Waals surface area (Å²) in [6, 6.07) is 6.45. The molecule has 2 aliphatic carbocycles. The summed E-state index contributed by atoms with van der Waals surface area (Å²) in [5, 5.41) is 6.17. The van der Waals surface area contributed by atoms with Gasteiger partial charge >= 0.3 is 0 Å². The highest BCUT2D eigenvalue weighted by Gasteiger charge is 2.32. The van der Waals surface area contributed by atoms with Crippen LogP contribution in [0.25, 0.3) is 0 Å². The molecule has 0 radical (unpaired) electrons. The average molecular weight is 485 g/mol. The van der Waals surface area contributed by atoms with Gasteiger partial charge in [-0.1, -0.05) is 39.7 Å². The van der Waals surface area contributed by atoms with Gasteiger partial charge < -0.3 is 21.3 Å². The lowest BCUT2D eigenvalue weighted by Crippen LogP contribution is -2.49. The molecule has 2 aliphatic rings. The van der Waals surface area contributed by atoms with Gasteiger partial charge in [0, 0.05) is 48.8 Å². The van der Waals surface area contributed by atoms with E-state index in [0.29, 0.717) is 42.5 Å². The van der Waals surface area contributed by atoms with Crippen LogP contribution in [-0.4, -0.2) is 54.3 Å². The molecule has 1 aromatic carbocycles. The van der Waals surface area contributed by atoms with E-state index in [4.69, 9.17) is 5.73 Å². The van der Waals surface area contributed by atoms with Crippen LogP contribution in [0.1, 0.15) is 92.9 Å². The van der Waals surface area contributed by atoms with Crippen LogP contribution in [0.5, 0.6) is 0 Å². The van der Waals surface area contributed by atoms with Gasteiger partial charge in [0.2, 0.25) is 5.91 Å². The predicted molar refractivity (Wildman–Crippen MR) is 139 cm³/mol. The summed E-state index contributed by atoms with van der Waals surface area (Å²) in [6.45, 7) is 8.18. The van der Waals surface area contributed by atoms with Crippen LogP contribution in [0.3, 0.4) is 0 Å². The maximum absolute atomic E-state index is 13.2. The molecule has 0 saturated heterocycles. The fourth-order valence-corrected chi connectivity index (χ4v) is 4.56. The number of amides is 3. The first-order chi connectivity index (χ1) is 16.8. The van der Waals surface area contributed by atoms with Crippen LogP contribution in [0.2, 0.25) is 0 Å². The third-order valence-electron chi connectivity index (χ3n) is 7.10. The summed E-state index contributed by atoms with van der Waals surface area (Å²) >= 11 is 0. The molecule has 0 unspecified atom stereocenters. The minimum absolute atomic E-state index is 0.0405. The molecule has 1 aromatic rings. The van der Waals surface area contributed by atoms with Crippen molar-refractivity contribution in [1.82, 2.24) is 15.5 Å². The van der Waals surface area contributed by atoms with Gasteiger partial charge in [-0.2, -0.15) is 0 Å². The first-order valence-corrected chi connectivity index (χ1v) is 13.6. The molecule has 3 amide bonds. The van der Waals surface area contributed by atoms with Crippen molar-refractivity contribution < 1.29 is 14.4 Å². The van der Waals surface area contributed by atoms with E-state index in [0.717, 1.165) is 38.6 Å². The molecule has 0 spiro atoms. The lowest BCUT2D eigenvalue weighted by molar-refractivity contribution is -0.124. The minimum Gasteiger partial charge on any atom is -0.356 e. The molecule has 4 N–H and O–H groups in total. The summed E-state index contributed by atoms with van der Waals surface area (Å²) in [4.78, 5) is 40.5. The topological polar surface area (TPSA) is 105 Å². The van der Waals surface area contributed by atoms with Crippen LogP contribution < -0.4 is 16.4 Å². The third kappa shape index (κ3) is 8.64. The SMILES string of the molecule is CCCN(CCC)C(=O)c1cccc(C(=O)N[C@@H](CC2CC2)[C@@H](N)C[C@@H](C)C(=O)NCC2CC2)c1. The number of nitrogens with two attached hydrogens (primary N) is 1. The zero-order valence-corrected chi connectivity index (χ0v) is 21.7. The van der Waals surface area contributed by atoms with Gasteiger partial charge in [0.1, 0.15) is 0 Å². The average Bonchev–Trinajstić information content (AvgIpc) is 3.77. The van der Waals surface area contributed by atoms with Crippen molar-refractivity contribution >= 4 is 17.7 Å². The Hall–Kier alpha value is -2.41. The zero-order valence-electron chi connectivity index (χ0n) is 21.7. The number of benzene rings is 1. The van der Waals surface area contributed by atoms with Crippen molar-refractivity contribution in [2.45, 2.75) is 84.2 Å². The normalized spacial score (nSPS) is 17.8. The number of nitrogens with zero attached hydrogens (tertiary/aromatic N) is 1.